The lowest BCUT2D eigenvalue weighted by molar-refractivity contribution is 0.230. The maximum atomic E-state index is 2.53. The van der Waals surface area contributed by atoms with Crippen molar-refractivity contribution in [3.8, 4) is 0 Å². The van der Waals surface area contributed by atoms with Crippen molar-refractivity contribution in [2.75, 3.05) is 0 Å². The van der Waals surface area contributed by atoms with Gasteiger partial charge in [-0.05, 0) is 23.7 Å². The highest BCUT2D eigenvalue weighted by molar-refractivity contribution is 6.18. The summed E-state index contributed by atoms with van der Waals surface area (Å²) >= 11 is 0. The maximum absolute atomic E-state index is 2.53. The summed E-state index contributed by atoms with van der Waals surface area (Å²) in [6.07, 6.45) is 2.86. The van der Waals surface area contributed by atoms with Crippen LogP contribution in [0.3, 0.4) is 0 Å². The third-order valence-corrected chi connectivity index (χ3v) is 5.05. The maximum Gasteiger partial charge on any atom is 0.110 e. The molecule has 0 nitrogen and oxygen atoms in total. The zero-order valence-electron chi connectivity index (χ0n) is 11.8. The van der Waals surface area contributed by atoms with E-state index in [2.05, 4.69) is 50.3 Å². The Kier molecular flexibility index (Phi) is 4.01. The lowest BCUT2D eigenvalue weighted by atomic mass is 9.57. The molecule has 0 radical (unpaired) electrons. The van der Waals surface area contributed by atoms with Crippen molar-refractivity contribution in [3.63, 3.8) is 0 Å². The minimum Gasteiger partial charge on any atom is -0.0697 e. The Balaban J connectivity index is 2.76. The van der Waals surface area contributed by atoms with Crippen LogP contribution in [-0.4, -0.2) is 15.7 Å². The molecular weight excluding hydrogens is 178 g/mol. The summed E-state index contributed by atoms with van der Waals surface area (Å²) in [5, 5.41) is 0.659. The monoisotopic (exact) mass is 206 g/mol. The van der Waals surface area contributed by atoms with Crippen LogP contribution in [-0.2, 0) is 0 Å². The van der Waals surface area contributed by atoms with E-state index in [4.69, 9.17) is 0 Å². The van der Waals surface area contributed by atoms with Crippen molar-refractivity contribution >= 4 is 15.7 Å². The molecule has 1 saturated carbocycles. The molecule has 0 aromatic carbocycles. The summed E-state index contributed by atoms with van der Waals surface area (Å²) in [6, 6.07) is 0. The fourth-order valence-corrected chi connectivity index (χ4v) is 3.87. The summed E-state index contributed by atoms with van der Waals surface area (Å²) in [5.74, 6) is 4.45. The van der Waals surface area contributed by atoms with E-state index in [0.717, 1.165) is 29.5 Å². The predicted molar refractivity (Wildman–Crippen MR) is 75.1 cm³/mol. The minimum atomic E-state index is 0.659. The SMILES string of the molecule is BC(C)C(C)C(C(C)C)C1(B)CC1CC. The van der Waals surface area contributed by atoms with E-state index in [-0.39, 0.29) is 0 Å². The summed E-state index contributed by atoms with van der Waals surface area (Å²) < 4.78 is 0. The van der Waals surface area contributed by atoms with Crippen molar-refractivity contribution in [3.05, 3.63) is 0 Å². The average Bonchev–Trinajstić information content (AvgIpc) is 2.76. The molecule has 0 aromatic rings. The van der Waals surface area contributed by atoms with Gasteiger partial charge in [0.2, 0.25) is 0 Å². The molecule has 0 heterocycles. The quantitative estimate of drug-likeness (QED) is 0.606. The lowest BCUT2D eigenvalue weighted by Gasteiger charge is -2.36. The van der Waals surface area contributed by atoms with E-state index >= 15 is 0 Å². The molecule has 5 atom stereocenters. The van der Waals surface area contributed by atoms with Gasteiger partial charge in [0, 0.05) is 0 Å². The molecule has 0 aromatic heterocycles. The summed E-state index contributed by atoms with van der Waals surface area (Å²) in [4.78, 5) is 0. The summed E-state index contributed by atoms with van der Waals surface area (Å²) in [7, 11) is 4.91. The Morgan fingerprint density at radius 2 is 1.80 bits per heavy atom. The van der Waals surface area contributed by atoms with Gasteiger partial charge in [0.25, 0.3) is 0 Å². The molecule has 0 aliphatic heterocycles. The predicted octanol–water partition coefficient (Wildman–Crippen LogP) is 2.56. The standard InChI is InChI=1S/C13H28B2/c1-6-11-7-13(11,15)12(8(2)3)9(4)10(5)14/h8-12H,6-7,14-15H2,1-5H3. The molecule has 0 N–H and O–H groups in total. The molecule has 1 rings (SSSR count). The summed E-state index contributed by atoms with van der Waals surface area (Å²) in [5.41, 5.74) is 0. The van der Waals surface area contributed by atoms with E-state index < -0.39 is 0 Å². The van der Waals surface area contributed by atoms with Crippen LogP contribution < -0.4 is 0 Å². The van der Waals surface area contributed by atoms with E-state index in [1.54, 1.807) is 0 Å². The van der Waals surface area contributed by atoms with Crippen LogP contribution in [0.5, 0.6) is 0 Å². The normalized spacial score (nSPS) is 36.3. The second-order valence-electron chi connectivity index (χ2n) is 6.69. The van der Waals surface area contributed by atoms with E-state index in [0.29, 0.717) is 5.31 Å². The molecule has 15 heavy (non-hydrogen) atoms. The number of hydrogen-bond acceptors (Lipinski definition) is 0. The van der Waals surface area contributed by atoms with Crippen LogP contribution in [0.15, 0.2) is 0 Å². The fraction of sp³-hybridized carbons (Fsp3) is 1.00. The Hall–Kier alpha value is 0.130. The molecule has 5 unspecified atom stereocenters. The molecule has 86 valence electrons. The fourth-order valence-electron chi connectivity index (χ4n) is 3.87. The highest BCUT2D eigenvalue weighted by atomic mass is 14.6. The third kappa shape index (κ3) is 2.45. The van der Waals surface area contributed by atoms with Gasteiger partial charge >= 0.3 is 0 Å². The van der Waals surface area contributed by atoms with Gasteiger partial charge in [0.15, 0.2) is 0 Å². The second-order valence-corrected chi connectivity index (χ2v) is 6.69. The molecule has 1 aliphatic carbocycles. The van der Waals surface area contributed by atoms with E-state index in [9.17, 15) is 0 Å². The highest BCUT2D eigenvalue weighted by Crippen LogP contribution is 2.67. The van der Waals surface area contributed by atoms with Crippen LogP contribution in [0.1, 0.15) is 47.5 Å². The summed E-state index contributed by atoms with van der Waals surface area (Å²) in [6.45, 7) is 12.0. The lowest BCUT2D eigenvalue weighted by Crippen LogP contribution is -2.28. The third-order valence-electron chi connectivity index (χ3n) is 5.05. The largest absolute Gasteiger partial charge is 0.110 e. The van der Waals surface area contributed by atoms with Crippen molar-refractivity contribution in [1.29, 1.82) is 0 Å². The first kappa shape index (κ1) is 13.2. The van der Waals surface area contributed by atoms with Gasteiger partial charge in [-0.1, -0.05) is 58.6 Å². The van der Waals surface area contributed by atoms with Gasteiger partial charge < -0.3 is 0 Å². The van der Waals surface area contributed by atoms with Crippen LogP contribution >= 0.6 is 0 Å². The first-order valence-electron chi connectivity index (χ1n) is 6.84. The Morgan fingerprint density at radius 1 is 1.27 bits per heavy atom. The van der Waals surface area contributed by atoms with Crippen LogP contribution in [0.25, 0.3) is 0 Å². The van der Waals surface area contributed by atoms with Gasteiger partial charge in [0.1, 0.15) is 15.7 Å². The zero-order valence-corrected chi connectivity index (χ0v) is 11.8. The molecular formula is C13H28B2. The van der Waals surface area contributed by atoms with Crippen LogP contribution in [0.4, 0.5) is 0 Å². The van der Waals surface area contributed by atoms with Gasteiger partial charge in [0.05, 0.1) is 0 Å². The smallest absolute Gasteiger partial charge is 0.0697 e. The zero-order chi connectivity index (χ0) is 11.8. The first-order chi connectivity index (χ1) is 6.84. The molecule has 1 aliphatic rings. The Morgan fingerprint density at radius 3 is 2.07 bits per heavy atom. The van der Waals surface area contributed by atoms with Gasteiger partial charge in [-0.2, -0.15) is 0 Å². The first-order valence-corrected chi connectivity index (χ1v) is 6.84. The van der Waals surface area contributed by atoms with Gasteiger partial charge in [-0.15, -0.1) is 0 Å². The molecule has 0 bridgehead atoms. The molecule has 0 spiro atoms. The van der Waals surface area contributed by atoms with Gasteiger partial charge in [-0.3, -0.25) is 0 Å². The van der Waals surface area contributed by atoms with Crippen molar-refractivity contribution in [2.45, 2.75) is 58.6 Å². The van der Waals surface area contributed by atoms with Crippen molar-refractivity contribution in [2.24, 2.45) is 23.7 Å². The number of hydrogen-bond donors (Lipinski definition) is 0. The van der Waals surface area contributed by atoms with Crippen molar-refractivity contribution < 1.29 is 0 Å². The minimum absolute atomic E-state index is 0.659. The average molecular weight is 206 g/mol. The highest BCUT2D eigenvalue weighted by Gasteiger charge is 2.55. The topological polar surface area (TPSA) is 0 Å². The number of rotatable bonds is 5. The van der Waals surface area contributed by atoms with E-state index in [1.807, 2.05) is 0 Å². The molecule has 0 amide bonds. The van der Waals surface area contributed by atoms with E-state index in [1.165, 1.54) is 12.8 Å². The Labute approximate surface area is 98.4 Å². The molecule has 1 fully saturated rings. The van der Waals surface area contributed by atoms with Crippen molar-refractivity contribution in [1.82, 2.24) is 0 Å². The second kappa shape index (κ2) is 4.55. The van der Waals surface area contributed by atoms with Crippen LogP contribution in [0.2, 0.25) is 11.1 Å². The van der Waals surface area contributed by atoms with Gasteiger partial charge in [-0.25, -0.2) is 0 Å². The van der Waals surface area contributed by atoms with Crippen LogP contribution in [0, 0.1) is 23.7 Å². The molecule has 0 saturated heterocycles. The molecule has 2 heteroatoms. The Bertz CT molecular complexity index is 213.